The van der Waals surface area contributed by atoms with Crippen LogP contribution in [0.1, 0.15) is 11.6 Å². The van der Waals surface area contributed by atoms with Crippen molar-refractivity contribution in [1.29, 1.82) is 0 Å². The van der Waals surface area contributed by atoms with Gasteiger partial charge < -0.3 is 10.1 Å². The van der Waals surface area contributed by atoms with Crippen LogP contribution in [0.5, 0.6) is 0 Å². The molecule has 0 fully saturated rings. The summed E-state index contributed by atoms with van der Waals surface area (Å²) in [6.07, 6.45) is 0. The second kappa shape index (κ2) is 6.30. The summed E-state index contributed by atoms with van der Waals surface area (Å²) in [7, 11) is 1.15. The van der Waals surface area contributed by atoms with Gasteiger partial charge in [-0.2, -0.15) is 0 Å². The maximum Gasteiger partial charge on any atom is 0.332 e. The summed E-state index contributed by atoms with van der Waals surface area (Å²) in [6.45, 7) is 0. The molecule has 2 aromatic carbocycles. The number of ether oxygens (including phenoxy) is 1. The zero-order chi connectivity index (χ0) is 15.4. The van der Waals surface area contributed by atoms with Gasteiger partial charge in [-0.05, 0) is 29.8 Å². The lowest BCUT2D eigenvalue weighted by atomic mass is 10.1. The first-order chi connectivity index (χ1) is 10.0. The van der Waals surface area contributed by atoms with Crippen LogP contribution in [0.4, 0.5) is 18.9 Å². The minimum atomic E-state index is -1.58. The van der Waals surface area contributed by atoms with E-state index in [1.54, 1.807) is 30.3 Å². The minimum absolute atomic E-state index is 0.0675. The van der Waals surface area contributed by atoms with E-state index in [2.05, 4.69) is 10.1 Å². The molecule has 21 heavy (non-hydrogen) atoms. The molecule has 0 saturated carbocycles. The normalized spacial score (nSPS) is 11.8. The zero-order valence-electron chi connectivity index (χ0n) is 11.1. The second-order valence-corrected chi connectivity index (χ2v) is 4.27. The Hall–Kier alpha value is -2.50. The van der Waals surface area contributed by atoms with E-state index in [0.717, 1.165) is 19.2 Å². The highest BCUT2D eigenvalue weighted by atomic mass is 19.2. The van der Waals surface area contributed by atoms with Gasteiger partial charge in [0.25, 0.3) is 0 Å². The molecule has 0 aliphatic carbocycles. The molecule has 110 valence electrons. The molecule has 1 atom stereocenters. The Kier molecular flexibility index (Phi) is 4.47. The molecule has 0 aliphatic rings. The lowest BCUT2D eigenvalue weighted by Crippen LogP contribution is -2.23. The third-order valence-electron chi connectivity index (χ3n) is 2.86. The summed E-state index contributed by atoms with van der Waals surface area (Å²) >= 11 is 0. The Balaban J connectivity index is 2.39. The topological polar surface area (TPSA) is 38.3 Å². The first-order valence-electron chi connectivity index (χ1n) is 6.06. The van der Waals surface area contributed by atoms with Gasteiger partial charge in [-0.15, -0.1) is 0 Å². The largest absolute Gasteiger partial charge is 0.467 e. The molecular formula is C15H12F3NO2. The van der Waals surface area contributed by atoms with E-state index < -0.39 is 29.5 Å². The number of halogens is 3. The van der Waals surface area contributed by atoms with E-state index in [0.29, 0.717) is 5.69 Å². The van der Waals surface area contributed by atoms with E-state index in [-0.39, 0.29) is 5.56 Å². The molecule has 0 spiro atoms. The third-order valence-corrected chi connectivity index (χ3v) is 2.86. The SMILES string of the molecule is COC(=O)C(Nc1ccccc1)c1cc(F)c(F)c(F)c1. The van der Waals surface area contributed by atoms with Crippen LogP contribution in [-0.4, -0.2) is 13.1 Å². The van der Waals surface area contributed by atoms with Crippen molar-refractivity contribution in [2.45, 2.75) is 6.04 Å². The van der Waals surface area contributed by atoms with E-state index in [1.807, 2.05) is 0 Å². The van der Waals surface area contributed by atoms with E-state index >= 15 is 0 Å². The van der Waals surface area contributed by atoms with Crippen LogP contribution in [0.15, 0.2) is 42.5 Å². The average Bonchev–Trinajstić information content (AvgIpc) is 2.50. The highest BCUT2D eigenvalue weighted by Gasteiger charge is 2.24. The maximum absolute atomic E-state index is 13.3. The fraction of sp³-hybridized carbons (Fsp3) is 0.133. The van der Waals surface area contributed by atoms with Crippen molar-refractivity contribution in [1.82, 2.24) is 0 Å². The second-order valence-electron chi connectivity index (χ2n) is 4.27. The number of nitrogens with one attached hydrogen (secondary N) is 1. The highest BCUT2D eigenvalue weighted by Crippen LogP contribution is 2.24. The predicted octanol–water partition coefficient (Wildman–Crippen LogP) is 3.43. The van der Waals surface area contributed by atoms with Gasteiger partial charge >= 0.3 is 5.97 Å². The summed E-state index contributed by atoms with van der Waals surface area (Å²) in [6, 6.07) is 8.94. The first kappa shape index (κ1) is 14.9. The van der Waals surface area contributed by atoms with Crippen molar-refractivity contribution in [3.63, 3.8) is 0 Å². The lowest BCUT2D eigenvalue weighted by Gasteiger charge is -2.18. The number of hydrogen-bond donors (Lipinski definition) is 1. The first-order valence-corrected chi connectivity index (χ1v) is 6.06. The molecule has 2 rings (SSSR count). The Labute approximate surface area is 119 Å². The van der Waals surface area contributed by atoms with Crippen molar-refractivity contribution in [3.8, 4) is 0 Å². The number of carbonyl (C=O) groups is 1. The number of para-hydroxylation sites is 1. The van der Waals surface area contributed by atoms with Crippen LogP contribution in [0.2, 0.25) is 0 Å². The number of benzene rings is 2. The Morgan fingerprint density at radius 3 is 2.19 bits per heavy atom. The van der Waals surface area contributed by atoms with E-state index in [4.69, 9.17) is 0 Å². The number of carbonyl (C=O) groups excluding carboxylic acids is 1. The number of rotatable bonds is 4. The molecule has 0 amide bonds. The van der Waals surface area contributed by atoms with Gasteiger partial charge in [-0.1, -0.05) is 18.2 Å². The molecule has 0 bridgehead atoms. The van der Waals surface area contributed by atoms with Gasteiger partial charge in [-0.25, -0.2) is 18.0 Å². The molecule has 1 N–H and O–H groups in total. The van der Waals surface area contributed by atoms with Crippen LogP contribution in [0.3, 0.4) is 0 Å². The van der Waals surface area contributed by atoms with Crippen molar-refractivity contribution in [3.05, 3.63) is 65.5 Å². The van der Waals surface area contributed by atoms with Gasteiger partial charge in [-0.3, -0.25) is 0 Å². The molecule has 0 radical (unpaired) electrons. The molecule has 0 heterocycles. The molecule has 1 unspecified atom stereocenters. The predicted molar refractivity (Wildman–Crippen MR) is 71.1 cm³/mol. The molecule has 2 aromatic rings. The van der Waals surface area contributed by atoms with Gasteiger partial charge in [0.2, 0.25) is 0 Å². The summed E-state index contributed by atoms with van der Waals surface area (Å²) in [4.78, 5) is 11.8. The highest BCUT2D eigenvalue weighted by molar-refractivity contribution is 5.81. The van der Waals surface area contributed by atoms with E-state index in [1.165, 1.54) is 0 Å². The third kappa shape index (κ3) is 3.34. The van der Waals surface area contributed by atoms with Crippen molar-refractivity contribution in [2.24, 2.45) is 0 Å². The Bertz CT molecular complexity index is 624. The average molecular weight is 295 g/mol. The molecule has 0 aliphatic heterocycles. The van der Waals surface area contributed by atoms with Crippen molar-refractivity contribution >= 4 is 11.7 Å². The minimum Gasteiger partial charge on any atom is -0.467 e. The quantitative estimate of drug-likeness (QED) is 0.693. The van der Waals surface area contributed by atoms with Crippen LogP contribution < -0.4 is 5.32 Å². The van der Waals surface area contributed by atoms with Crippen LogP contribution in [0.25, 0.3) is 0 Å². The van der Waals surface area contributed by atoms with Gasteiger partial charge in [0, 0.05) is 5.69 Å². The van der Waals surface area contributed by atoms with Crippen LogP contribution >= 0.6 is 0 Å². The molecular weight excluding hydrogens is 283 g/mol. The summed E-state index contributed by atoms with van der Waals surface area (Å²) in [5.74, 6) is -5.06. The monoisotopic (exact) mass is 295 g/mol. The molecule has 6 heteroatoms. The number of esters is 1. The fourth-order valence-electron chi connectivity index (χ4n) is 1.84. The number of methoxy groups -OCH3 is 1. The Morgan fingerprint density at radius 2 is 1.67 bits per heavy atom. The molecule has 0 saturated heterocycles. The van der Waals surface area contributed by atoms with Crippen LogP contribution in [-0.2, 0) is 9.53 Å². The smallest absolute Gasteiger partial charge is 0.332 e. The van der Waals surface area contributed by atoms with Gasteiger partial charge in [0.15, 0.2) is 23.5 Å². The molecule has 0 aromatic heterocycles. The number of anilines is 1. The maximum atomic E-state index is 13.3. The summed E-state index contributed by atoms with van der Waals surface area (Å²) < 4.78 is 44.2. The Morgan fingerprint density at radius 1 is 1.10 bits per heavy atom. The summed E-state index contributed by atoms with van der Waals surface area (Å²) in [5, 5.41) is 2.79. The van der Waals surface area contributed by atoms with Crippen molar-refractivity contribution in [2.75, 3.05) is 12.4 Å². The van der Waals surface area contributed by atoms with Crippen molar-refractivity contribution < 1.29 is 22.7 Å². The molecule has 3 nitrogen and oxygen atoms in total. The van der Waals surface area contributed by atoms with E-state index in [9.17, 15) is 18.0 Å². The van der Waals surface area contributed by atoms with Gasteiger partial charge in [0.05, 0.1) is 7.11 Å². The van der Waals surface area contributed by atoms with Crippen LogP contribution in [0, 0.1) is 17.5 Å². The number of hydrogen-bond acceptors (Lipinski definition) is 3. The lowest BCUT2D eigenvalue weighted by molar-refractivity contribution is -0.141. The summed E-state index contributed by atoms with van der Waals surface area (Å²) in [5.41, 5.74) is 0.486. The van der Waals surface area contributed by atoms with Gasteiger partial charge in [0.1, 0.15) is 0 Å². The standard InChI is InChI=1S/C15H12F3NO2/c1-21-15(20)14(19-10-5-3-2-4-6-10)9-7-11(16)13(18)12(17)8-9/h2-8,14,19H,1H3. The zero-order valence-corrected chi connectivity index (χ0v) is 11.1. The fourth-order valence-corrected chi connectivity index (χ4v) is 1.84.